The molecule has 1 amide bonds. The minimum Gasteiger partial charge on any atom is -0.494 e. The lowest BCUT2D eigenvalue weighted by molar-refractivity contribution is 0.0697. The molecule has 244 valence electrons. The fourth-order valence-corrected chi connectivity index (χ4v) is 7.41. The lowest BCUT2D eigenvalue weighted by atomic mass is 9.98. The highest BCUT2D eigenvalue weighted by Crippen LogP contribution is 2.45. The Hall–Kier alpha value is -3.98. The highest BCUT2D eigenvalue weighted by molar-refractivity contribution is 6.35. The fourth-order valence-electron chi connectivity index (χ4n) is 6.80. The van der Waals surface area contributed by atoms with Gasteiger partial charge in [0.05, 0.1) is 33.4 Å². The zero-order valence-electron chi connectivity index (χ0n) is 27.0. The van der Waals surface area contributed by atoms with E-state index >= 15 is 0 Å². The van der Waals surface area contributed by atoms with Crippen molar-refractivity contribution in [3.8, 4) is 16.9 Å². The third-order valence-electron chi connectivity index (χ3n) is 9.06. The molecule has 1 aliphatic heterocycles. The van der Waals surface area contributed by atoms with Crippen molar-refractivity contribution in [2.45, 2.75) is 53.5 Å². The molecule has 6 rings (SSSR count). The molecule has 0 saturated carbocycles. The maximum absolute atomic E-state index is 14.6. The number of amides is 1. The van der Waals surface area contributed by atoms with Gasteiger partial charge in [-0.1, -0.05) is 40.9 Å². The molecule has 1 N–H and O–H groups in total. The number of hydrogen-bond donors (Lipinski definition) is 1. The summed E-state index contributed by atoms with van der Waals surface area (Å²) in [6.45, 7) is 10.8. The number of aromatic carboxylic acids is 1. The van der Waals surface area contributed by atoms with Gasteiger partial charge in [-0.3, -0.25) is 9.48 Å². The normalized spacial score (nSPS) is 14.6. The Labute approximate surface area is 288 Å². The molecule has 0 saturated heterocycles. The Balaban J connectivity index is 1.47. The van der Waals surface area contributed by atoms with Gasteiger partial charge in [0, 0.05) is 52.6 Å². The van der Waals surface area contributed by atoms with Crippen molar-refractivity contribution < 1.29 is 19.4 Å². The molecule has 0 unspecified atom stereocenters. The van der Waals surface area contributed by atoms with Gasteiger partial charge in [-0.15, -0.1) is 0 Å². The van der Waals surface area contributed by atoms with Gasteiger partial charge < -0.3 is 19.3 Å². The molecule has 8 nitrogen and oxygen atoms in total. The average molecular weight is 694 g/mol. The zero-order chi connectivity index (χ0) is 33.9. The Morgan fingerprint density at radius 3 is 2.32 bits per heavy atom. The number of nitrogens with zero attached hydrogens (tertiary/aromatic N) is 4. The van der Waals surface area contributed by atoms with Crippen LogP contribution in [0.1, 0.15) is 68.3 Å². The maximum atomic E-state index is 14.6. The zero-order valence-corrected chi connectivity index (χ0v) is 29.3. The molecule has 1 atom stereocenters. The molecule has 5 aromatic rings. The summed E-state index contributed by atoms with van der Waals surface area (Å²) in [5.41, 5.74) is 8.41. The lowest BCUT2D eigenvalue weighted by Gasteiger charge is -2.34. The van der Waals surface area contributed by atoms with Gasteiger partial charge in [-0.2, -0.15) is 5.10 Å². The molecule has 0 radical (unpaired) electrons. The molecule has 0 spiro atoms. The number of rotatable bonds is 8. The summed E-state index contributed by atoms with van der Waals surface area (Å²) in [5, 5.41) is 16.5. The summed E-state index contributed by atoms with van der Waals surface area (Å²) in [5.74, 6) is -0.568. The number of carbonyl (C=O) groups is 2. The first kappa shape index (κ1) is 32.9. The van der Waals surface area contributed by atoms with Crippen molar-refractivity contribution in [1.29, 1.82) is 0 Å². The predicted octanol–water partition coefficient (Wildman–Crippen LogP) is 9.17. The Morgan fingerprint density at radius 1 is 1.00 bits per heavy atom. The minimum atomic E-state index is -1.13. The van der Waals surface area contributed by atoms with Crippen LogP contribution in [0.3, 0.4) is 0 Å². The van der Waals surface area contributed by atoms with Crippen molar-refractivity contribution in [2.24, 2.45) is 7.05 Å². The maximum Gasteiger partial charge on any atom is 0.337 e. The molecule has 0 bridgehead atoms. The van der Waals surface area contributed by atoms with Crippen LogP contribution < -0.4 is 9.64 Å². The monoisotopic (exact) mass is 692 g/mol. The van der Waals surface area contributed by atoms with Crippen molar-refractivity contribution in [2.75, 3.05) is 18.1 Å². The number of halogens is 3. The number of benzene rings is 3. The first-order valence-corrected chi connectivity index (χ1v) is 16.5. The van der Waals surface area contributed by atoms with Crippen molar-refractivity contribution in [1.82, 2.24) is 14.3 Å². The topological polar surface area (TPSA) is 89.6 Å². The number of ether oxygens (including phenoxy) is 1. The molecule has 11 heteroatoms. The number of carbonyl (C=O) groups excluding carboxylic acids is 1. The van der Waals surface area contributed by atoms with E-state index in [1.165, 1.54) is 6.07 Å². The van der Waals surface area contributed by atoms with Crippen LogP contribution >= 0.6 is 34.8 Å². The summed E-state index contributed by atoms with van der Waals surface area (Å²) in [6.07, 6.45) is 1.22. The van der Waals surface area contributed by atoms with Gasteiger partial charge in [0.1, 0.15) is 11.4 Å². The molecule has 47 heavy (non-hydrogen) atoms. The average Bonchev–Trinajstić information content (AvgIpc) is 3.48. The van der Waals surface area contributed by atoms with Gasteiger partial charge in [0.15, 0.2) is 0 Å². The first-order chi connectivity index (χ1) is 22.3. The number of fused-ring (bicyclic) bond motifs is 3. The van der Waals surface area contributed by atoms with Crippen molar-refractivity contribution in [3.05, 3.63) is 96.9 Å². The summed E-state index contributed by atoms with van der Waals surface area (Å²) >= 11 is 19.7. The summed E-state index contributed by atoms with van der Waals surface area (Å²) < 4.78 is 10.1. The number of anilines is 1. The van der Waals surface area contributed by atoms with Crippen LogP contribution in [0.2, 0.25) is 15.1 Å². The van der Waals surface area contributed by atoms with E-state index in [2.05, 4.69) is 16.6 Å². The third-order valence-corrected chi connectivity index (χ3v) is 10.3. The molecular weight excluding hydrogens is 659 g/mol. The lowest BCUT2D eigenvalue weighted by Crippen LogP contribution is -2.42. The predicted molar refractivity (Wildman–Crippen MR) is 188 cm³/mol. The van der Waals surface area contributed by atoms with Gasteiger partial charge in [0.25, 0.3) is 5.91 Å². The van der Waals surface area contributed by atoms with E-state index in [9.17, 15) is 14.7 Å². The molecular formula is C36H35Cl3N4O4. The number of aryl methyl sites for hydroxylation is 5. The second kappa shape index (κ2) is 12.6. The quantitative estimate of drug-likeness (QED) is 0.164. The molecule has 3 aromatic carbocycles. The summed E-state index contributed by atoms with van der Waals surface area (Å²) in [4.78, 5) is 27.9. The molecule has 1 aliphatic rings. The van der Waals surface area contributed by atoms with E-state index in [0.717, 1.165) is 60.9 Å². The van der Waals surface area contributed by atoms with Crippen LogP contribution in [0.15, 0.2) is 42.5 Å². The highest BCUT2D eigenvalue weighted by Gasteiger charge is 2.37. The fraction of sp³-hybridized carbons (Fsp3) is 0.306. The van der Waals surface area contributed by atoms with Gasteiger partial charge in [-0.25, -0.2) is 4.79 Å². The van der Waals surface area contributed by atoms with Crippen molar-refractivity contribution >= 4 is 63.3 Å². The van der Waals surface area contributed by atoms with Crippen LogP contribution in [-0.4, -0.2) is 44.5 Å². The van der Waals surface area contributed by atoms with Gasteiger partial charge in [0.2, 0.25) is 0 Å². The molecule has 3 heterocycles. The van der Waals surface area contributed by atoms with E-state index in [-0.39, 0.29) is 22.5 Å². The minimum absolute atomic E-state index is 0.0182. The SMILES string of the molecule is Cc1cc(OCCCc2c3n(c4c(-c5c(C)nn(C)c5C)c(Cl)ccc24)[C@H](C)CN(c2ccc(C(=O)O)c(Cl)c2)C3=O)cc(C)c1Cl. The van der Waals surface area contributed by atoms with Gasteiger partial charge >= 0.3 is 5.97 Å². The number of aromatic nitrogens is 3. The Bertz CT molecular complexity index is 2080. The first-order valence-electron chi connectivity index (χ1n) is 15.4. The third kappa shape index (κ3) is 5.66. The second-order valence-corrected chi connectivity index (χ2v) is 13.4. The molecule has 0 fully saturated rings. The number of carboxylic acid groups (broad SMARTS) is 1. The Morgan fingerprint density at radius 2 is 1.70 bits per heavy atom. The van der Waals surface area contributed by atoms with Gasteiger partial charge in [-0.05, 0) is 101 Å². The van der Waals surface area contributed by atoms with E-state index in [1.807, 2.05) is 63.7 Å². The largest absolute Gasteiger partial charge is 0.494 e. The van der Waals surface area contributed by atoms with E-state index in [0.29, 0.717) is 42.4 Å². The smallest absolute Gasteiger partial charge is 0.337 e. The van der Waals surface area contributed by atoms with E-state index in [4.69, 9.17) is 39.5 Å². The van der Waals surface area contributed by atoms with Crippen LogP contribution in [0.4, 0.5) is 5.69 Å². The van der Waals surface area contributed by atoms with Crippen LogP contribution in [0.25, 0.3) is 22.0 Å². The van der Waals surface area contributed by atoms with Crippen LogP contribution in [0.5, 0.6) is 5.75 Å². The standard InChI is InChI=1S/C36H35Cl3N4O4/c1-18-14-24(15-19(2)32(18)39)47-13-7-8-25-26-11-12-28(37)31(30-21(4)40-41(6)22(30)5)33(26)43-20(3)17-42(35(44)34(25)43)23-9-10-27(36(45)46)29(38)16-23/h9-12,14-16,20H,7-8,13,17H2,1-6H3,(H,45,46)/t20-/m1/s1. The second-order valence-electron chi connectivity index (χ2n) is 12.2. The summed E-state index contributed by atoms with van der Waals surface area (Å²) in [6, 6.07) is 12.2. The summed E-state index contributed by atoms with van der Waals surface area (Å²) in [7, 11) is 1.91. The highest BCUT2D eigenvalue weighted by atomic mass is 35.5. The molecule has 2 aromatic heterocycles. The van der Waals surface area contributed by atoms with E-state index < -0.39 is 5.97 Å². The number of carboxylic acids is 1. The van der Waals surface area contributed by atoms with E-state index in [1.54, 1.807) is 17.0 Å². The molecule has 0 aliphatic carbocycles. The van der Waals surface area contributed by atoms with Crippen LogP contribution in [0, 0.1) is 27.7 Å². The number of hydrogen-bond acceptors (Lipinski definition) is 4. The Kier molecular flexibility index (Phi) is 8.81. The van der Waals surface area contributed by atoms with Crippen molar-refractivity contribution in [3.63, 3.8) is 0 Å². The van der Waals surface area contributed by atoms with Crippen LogP contribution in [-0.2, 0) is 13.5 Å².